The molecule has 17 heavy (non-hydrogen) atoms. The van der Waals surface area contributed by atoms with Crippen LogP contribution in [0.5, 0.6) is 0 Å². The van der Waals surface area contributed by atoms with Gasteiger partial charge in [0, 0.05) is 28.0 Å². The minimum absolute atomic E-state index is 0.00819. The third-order valence-corrected chi connectivity index (χ3v) is 3.96. The summed E-state index contributed by atoms with van der Waals surface area (Å²) in [6.45, 7) is 4.69. The van der Waals surface area contributed by atoms with E-state index >= 15 is 0 Å². The van der Waals surface area contributed by atoms with E-state index in [2.05, 4.69) is 31.9 Å². The van der Waals surface area contributed by atoms with Crippen LogP contribution in [-0.2, 0) is 0 Å². The Bertz CT molecular complexity index is 409. The zero-order valence-corrected chi connectivity index (χ0v) is 13.6. The van der Waals surface area contributed by atoms with Crippen LogP contribution in [-0.4, -0.2) is 28.7 Å². The zero-order valence-electron chi connectivity index (χ0n) is 9.71. The molecule has 0 radical (unpaired) electrons. The lowest BCUT2D eigenvalue weighted by Gasteiger charge is -2.26. The van der Waals surface area contributed by atoms with Crippen molar-refractivity contribution in [2.45, 2.75) is 19.9 Å². The van der Waals surface area contributed by atoms with Gasteiger partial charge in [0.05, 0.1) is 5.02 Å². The summed E-state index contributed by atoms with van der Waals surface area (Å²) in [4.78, 5) is 14.1. The minimum Gasteiger partial charge on any atom is -0.335 e. The van der Waals surface area contributed by atoms with E-state index in [1.807, 2.05) is 18.7 Å². The fourth-order valence-corrected chi connectivity index (χ4v) is 2.29. The van der Waals surface area contributed by atoms with Crippen molar-refractivity contribution in [3.63, 3.8) is 0 Å². The standard InChI is InChI=1S/C12H14Br2ClNO/c1-8(2)16(6-5-13)12(17)9-3-4-10(14)11(15)7-9/h3-4,7-8H,5-6H2,1-2H3. The summed E-state index contributed by atoms with van der Waals surface area (Å²) in [5.41, 5.74) is 0.618. The summed E-state index contributed by atoms with van der Waals surface area (Å²) >= 11 is 12.7. The molecule has 1 rings (SSSR count). The molecular weight excluding hydrogens is 369 g/mol. The van der Waals surface area contributed by atoms with Crippen molar-refractivity contribution in [3.05, 3.63) is 33.3 Å². The van der Waals surface area contributed by atoms with Crippen molar-refractivity contribution in [2.24, 2.45) is 0 Å². The van der Waals surface area contributed by atoms with Crippen molar-refractivity contribution in [3.8, 4) is 0 Å². The van der Waals surface area contributed by atoms with Crippen LogP contribution < -0.4 is 0 Å². The molecular formula is C12H14Br2ClNO. The molecule has 0 bridgehead atoms. The Labute approximate surface area is 124 Å². The van der Waals surface area contributed by atoms with Gasteiger partial charge >= 0.3 is 0 Å². The van der Waals surface area contributed by atoms with Crippen molar-refractivity contribution in [1.82, 2.24) is 4.90 Å². The lowest BCUT2D eigenvalue weighted by atomic mass is 10.1. The molecule has 0 aliphatic heterocycles. The van der Waals surface area contributed by atoms with Gasteiger partial charge in [-0.05, 0) is 48.0 Å². The molecule has 0 saturated heterocycles. The highest BCUT2D eigenvalue weighted by atomic mass is 79.9. The van der Waals surface area contributed by atoms with E-state index in [4.69, 9.17) is 11.6 Å². The first-order valence-corrected chi connectivity index (χ1v) is 7.58. The summed E-state index contributed by atoms with van der Waals surface area (Å²) in [6, 6.07) is 5.43. The predicted molar refractivity (Wildman–Crippen MR) is 79.1 cm³/mol. The van der Waals surface area contributed by atoms with E-state index in [9.17, 15) is 4.79 Å². The Morgan fingerprint density at radius 2 is 2.12 bits per heavy atom. The molecule has 0 unspecified atom stereocenters. The number of carbonyl (C=O) groups excluding carboxylic acids is 1. The highest BCUT2D eigenvalue weighted by Gasteiger charge is 2.18. The Morgan fingerprint density at radius 1 is 1.47 bits per heavy atom. The smallest absolute Gasteiger partial charge is 0.254 e. The van der Waals surface area contributed by atoms with E-state index in [0.717, 1.165) is 9.80 Å². The summed E-state index contributed by atoms with van der Waals surface area (Å²) in [5.74, 6) is 0.00819. The second-order valence-corrected chi connectivity index (χ2v) is 5.96. The van der Waals surface area contributed by atoms with Crippen LogP contribution in [0.15, 0.2) is 22.7 Å². The molecule has 94 valence electrons. The second-order valence-electron chi connectivity index (χ2n) is 3.91. The topological polar surface area (TPSA) is 20.3 Å². The van der Waals surface area contributed by atoms with Gasteiger partial charge in [0.2, 0.25) is 0 Å². The second kappa shape index (κ2) is 6.76. The molecule has 0 saturated carbocycles. The van der Waals surface area contributed by atoms with Crippen molar-refractivity contribution in [2.75, 3.05) is 11.9 Å². The number of amides is 1. The monoisotopic (exact) mass is 381 g/mol. The normalized spacial score (nSPS) is 10.7. The summed E-state index contributed by atoms with van der Waals surface area (Å²) in [7, 11) is 0. The number of halogens is 3. The van der Waals surface area contributed by atoms with Crippen LogP contribution in [0.4, 0.5) is 0 Å². The van der Waals surface area contributed by atoms with Crippen molar-refractivity contribution < 1.29 is 4.79 Å². The lowest BCUT2D eigenvalue weighted by molar-refractivity contribution is 0.0719. The Kier molecular flexibility index (Phi) is 5.97. The molecule has 0 spiro atoms. The maximum absolute atomic E-state index is 12.3. The number of carbonyl (C=O) groups is 1. The molecule has 0 aliphatic carbocycles. The molecule has 0 aromatic heterocycles. The molecule has 1 aromatic rings. The van der Waals surface area contributed by atoms with Gasteiger partial charge in [-0.25, -0.2) is 0 Å². The maximum atomic E-state index is 12.3. The summed E-state index contributed by atoms with van der Waals surface area (Å²) < 4.78 is 0.798. The molecule has 0 atom stereocenters. The number of rotatable bonds is 4. The SMILES string of the molecule is CC(C)N(CCBr)C(=O)c1ccc(Br)c(Cl)c1. The molecule has 0 N–H and O–H groups in total. The van der Waals surface area contributed by atoms with E-state index in [1.165, 1.54) is 0 Å². The highest BCUT2D eigenvalue weighted by molar-refractivity contribution is 9.10. The molecule has 0 aliphatic rings. The third-order valence-electron chi connectivity index (χ3n) is 2.38. The summed E-state index contributed by atoms with van der Waals surface area (Å²) in [6.07, 6.45) is 0. The van der Waals surface area contributed by atoms with Gasteiger partial charge in [-0.15, -0.1) is 0 Å². The van der Waals surface area contributed by atoms with Gasteiger partial charge < -0.3 is 4.90 Å². The number of alkyl halides is 1. The number of benzene rings is 1. The third kappa shape index (κ3) is 3.97. The average molecular weight is 384 g/mol. The average Bonchev–Trinajstić information content (AvgIpc) is 2.28. The molecule has 1 amide bonds. The van der Waals surface area contributed by atoms with Gasteiger partial charge in [-0.2, -0.15) is 0 Å². The van der Waals surface area contributed by atoms with Crippen molar-refractivity contribution >= 4 is 49.4 Å². The minimum atomic E-state index is 0.00819. The first-order chi connectivity index (χ1) is 7.97. The number of hydrogen-bond acceptors (Lipinski definition) is 1. The highest BCUT2D eigenvalue weighted by Crippen LogP contribution is 2.24. The molecule has 0 heterocycles. The Balaban J connectivity index is 2.97. The van der Waals surface area contributed by atoms with E-state index in [0.29, 0.717) is 17.1 Å². The molecule has 0 fully saturated rings. The van der Waals surface area contributed by atoms with Crippen LogP contribution in [0.25, 0.3) is 0 Å². The van der Waals surface area contributed by atoms with Gasteiger partial charge in [0.15, 0.2) is 0 Å². The largest absolute Gasteiger partial charge is 0.335 e. The van der Waals surface area contributed by atoms with Gasteiger partial charge in [-0.1, -0.05) is 27.5 Å². The molecule has 2 nitrogen and oxygen atoms in total. The van der Waals surface area contributed by atoms with E-state index < -0.39 is 0 Å². The van der Waals surface area contributed by atoms with Crippen molar-refractivity contribution in [1.29, 1.82) is 0 Å². The molecule has 5 heteroatoms. The van der Waals surface area contributed by atoms with E-state index in [-0.39, 0.29) is 11.9 Å². The Hall–Kier alpha value is -0.0600. The first kappa shape index (κ1) is 15.0. The number of hydrogen-bond donors (Lipinski definition) is 0. The first-order valence-electron chi connectivity index (χ1n) is 5.29. The number of nitrogens with zero attached hydrogens (tertiary/aromatic N) is 1. The van der Waals surface area contributed by atoms with Gasteiger partial charge in [0.1, 0.15) is 0 Å². The zero-order chi connectivity index (χ0) is 13.0. The molecule has 1 aromatic carbocycles. The summed E-state index contributed by atoms with van der Waals surface area (Å²) in [5, 5.41) is 1.32. The Morgan fingerprint density at radius 3 is 2.59 bits per heavy atom. The fraction of sp³-hybridized carbons (Fsp3) is 0.417. The fourth-order valence-electron chi connectivity index (χ4n) is 1.48. The van der Waals surface area contributed by atoms with Gasteiger partial charge in [0.25, 0.3) is 5.91 Å². The van der Waals surface area contributed by atoms with Crippen LogP contribution in [0.1, 0.15) is 24.2 Å². The maximum Gasteiger partial charge on any atom is 0.254 e. The van der Waals surface area contributed by atoms with Crippen LogP contribution in [0.2, 0.25) is 5.02 Å². The van der Waals surface area contributed by atoms with Gasteiger partial charge in [-0.3, -0.25) is 4.79 Å². The van der Waals surface area contributed by atoms with Crippen LogP contribution >= 0.6 is 43.5 Å². The quantitative estimate of drug-likeness (QED) is 0.708. The predicted octanol–water partition coefficient (Wildman–Crippen LogP) is 4.35. The van der Waals surface area contributed by atoms with E-state index in [1.54, 1.807) is 18.2 Å². The van der Waals surface area contributed by atoms with Crippen LogP contribution in [0, 0.1) is 0 Å². The lowest BCUT2D eigenvalue weighted by Crippen LogP contribution is -2.38. The van der Waals surface area contributed by atoms with Crippen LogP contribution in [0.3, 0.4) is 0 Å².